The number of hydrogen-bond acceptors (Lipinski definition) is 7. The van der Waals surface area contributed by atoms with Gasteiger partial charge in [-0.25, -0.2) is 9.78 Å². The van der Waals surface area contributed by atoms with E-state index in [9.17, 15) is 23.1 Å². The maximum atomic E-state index is 13.6. The summed E-state index contributed by atoms with van der Waals surface area (Å²) in [6.07, 6.45) is -6.30. The Bertz CT molecular complexity index is 983. The lowest BCUT2D eigenvalue weighted by Crippen LogP contribution is -2.61. The third-order valence-corrected chi connectivity index (χ3v) is 6.01. The predicted molar refractivity (Wildman–Crippen MR) is 108 cm³/mol. The number of aromatic amines is 1. The highest BCUT2D eigenvalue weighted by Crippen LogP contribution is 2.44. The summed E-state index contributed by atoms with van der Waals surface area (Å²) in [5.41, 5.74) is -1.54. The second kappa shape index (κ2) is 7.80. The zero-order valence-electron chi connectivity index (χ0n) is 17.7. The second-order valence-electron chi connectivity index (χ2n) is 8.58. The molecule has 2 aromatic heterocycles. The number of nitrogens with one attached hydrogen (secondary N) is 2. The van der Waals surface area contributed by atoms with Crippen LogP contribution in [0.5, 0.6) is 0 Å². The number of alkyl halides is 3. The molecule has 0 spiro atoms. The fourth-order valence-electron chi connectivity index (χ4n) is 3.94. The predicted octanol–water partition coefficient (Wildman–Crippen LogP) is 2.78. The van der Waals surface area contributed by atoms with E-state index in [1.54, 1.807) is 30.2 Å². The molecule has 174 valence electrons. The van der Waals surface area contributed by atoms with E-state index in [1.807, 2.05) is 0 Å². The summed E-state index contributed by atoms with van der Waals surface area (Å²) in [6.45, 7) is 3.87. The van der Waals surface area contributed by atoms with Crippen molar-refractivity contribution in [3.8, 4) is 0 Å². The molecule has 4 rings (SSSR count). The number of carboxylic acid groups (broad SMARTS) is 1. The molecule has 2 aliphatic rings. The van der Waals surface area contributed by atoms with Gasteiger partial charge in [0.1, 0.15) is 11.6 Å². The van der Waals surface area contributed by atoms with Crippen LogP contribution in [-0.2, 0) is 4.74 Å². The van der Waals surface area contributed by atoms with E-state index in [-0.39, 0.29) is 19.6 Å². The molecule has 0 aliphatic carbocycles. The van der Waals surface area contributed by atoms with Gasteiger partial charge in [-0.3, -0.25) is 10.00 Å². The molecule has 0 aromatic carbocycles. The largest absolute Gasteiger partial charge is 0.465 e. The summed E-state index contributed by atoms with van der Waals surface area (Å²) in [5, 5.41) is 19.4. The van der Waals surface area contributed by atoms with Gasteiger partial charge in [-0.15, -0.1) is 0 Å². The van der Waals surface area contributed by atoms with Gasteiger partial charge in [0.2, 0.25) is 5.95 Å². The number of amides is 1. The first-order chi connectivity index (χ1) is 15.0. The zero-order valence-corrected chi connectivity index (χ0v) is 17.7. The summed E-state index contributed by atoms with van der Waals surface area (Å²) >= 11 is 0. The van der Waals surface area contributed by atoms with Gasteiger partial charge in [-0.1, -0.05) is 0 Å². The van der Waals surface area contributed by atoms with E-state index in [0.29, 0.717) is 23.3 Å². The molecule has 0 bridgehead atoms. The van der Waals surface area contributed by atoms with Gasteiger partial charge in [-0.2, -0.15) is 23.3 Å². The quantitative estimate of drug-likeness (QED) is 0.644. The van der Waals surface area contributed by atoms with Crippen LogP contribution in [0.3, 0.4) is 0 Å². The molecule has 13 heteroatoms. The summed E-state index contributed by atoms with van der Waals surface area (Å²) in [6, 6.07) is 2.83. The normalized spacial score (nSPS) is 23.9. The molecule has 3 N–H and O–H groups in total. The minimum atomic E-state index is -4.54. The van der Waals surface area contributed by atoms with Crippen LogP contribution >= 0.6 is 0 Å². The molecule has 32 heavy (non-hydrogen) atoms. The van der Waals surface area contributed by atoms with Crippen molar-refractivity contribution in [1.82, 2.24) is 25.1 Å². The van der Waals surface area contributed by atoms with E-state index in [0.717, 1.165) is 18.7 Å². The van der Waals surface area contributed by atoms with Crippen LogP contribution in [0.2, 0.25) is 0 Å². The fourth-order valence-corrected chi connectivity index (χ4v) is 3.94. The minimum Gasteiger partial charge on any atom is -0.465 e. The standard InChI is InChI=1S/C19H24F3N7O3/c1-10-6-15(25-14-4-5-23-27-14)26-16(24-10)28-7-11-12(8-28)32-13(9-29(11)17(30)31)18(2,3)19(20,21)22/h4-6,11-13H,7-9H2,1-3H3,(H,30,31)(H2,23,24,25,26,27)/t11-,12-,13?/m1/s1. The smallest absolute Gasteiger partial charge is 0.407 e. The molecular formula is C19H24F3N7O3. The molecule has 0 radical (unpaired) electrons. The Balaban J connectivity index is 1.58. The van der Waals surface area contributed by atoms with Crippen molar-refractivity contribution >= 4 is 23.7 Å². The molecule has 1 unspecified atom stereocenters. The first kappa shape index (κ1) is 22.1. The Hall–Kier alpha value is -3.09. The Labute approximate surface area is 181 Å². The number of morpholine rings is 1. The van der Waals surface area contributed by atoms with Crippen molar-refractivity contribution in [3.63, 3.8) is 0 Å². The first-order valence-electron chi connectivity index (χ1n) is 10.0. The number of ether oxygens (including phenoxy) is 1. The summed E-state index contributed by atoms with van der Waals surface area (Å²) in [7, 11) is 0. The fraction of sp³-hybridized carbons (Fsp3) is 0.579. The van der Waals surface area contributed by atoms with Gasteiger partial charge in [0.25, 0.3) is 0 Å². The molecule has 2 fully saturated rings. The van der Waals surface area contributed by atoms with Gasteiger partial charge < -0.3 is 20.1 Å². The lowest BCUT2D eigenvalue weighted by Gasteiger charge is -2.45. The third kappa shape index (κ3) is 4.04. The number of nitrogens with zero attached hydrogens (tertiary/aromatic N) is 5. The van der Waals surface area contributed by atoms with Crippen LogP contribution in [-0.4, -0.2) is 80.3 Å². The first-order valence-corrected chi connectivity index (χ1v) is 10.0. The Morgan fingerprint density at radius 1 is 1.28 bits per heavy atom. The average molecular weight is 455 g/mol. The van der Waals surface area contributed by atoms with Crippen molar-refractivity contribution in [2.75, 3.05) is 29.9 Å². The Morgan fingerprint density at radius 2 is 2.03 bits per heavy atom. The van der Waals surface area contributed by atoms with Gasteiger partial charge >= 0.3 is 12.3 Å². The molecule has 0 saturated carbocycles. The van der Waals surface area contributed by atoms with Gasteiger partial charge in [0.05, 0.1) is 36.4 Å². The number of rotatable bonds is 4. The maximum absolute atomic E-state index is 13.6. The minimum absolute atomic E-state index is 0.172. The van der Waals surface area contributed by atoms with Crippen LogP contribution in [0.15, 0.2) is 18.3 Å². The monoisotopic (exact) mass is 455 g/mol. The lowest BCUT2D eigenvalue weighted by molar-refractivity contribution is -0.266. The van der Waals surface area contributed by atoms with E-state index >= 15 is 0 Å². The average Bonchev–Trinajstić information content (AvgIpc) is 3.35. The van der Waals surface area contributed by atoms with Crippen molar-refractivity contribution in [2.24, 2.45) is 5.41 Å². The van der Waals surface area contributed by atoms with Crippen molar-refractivity contribution in [2.45, 2.75) is 45.2 Å². The number of hydrogen-bond donors (Lipinski definition) is 3. The van der Waals surface area contributed by atoms with E-state index in [2.05, 4.69) is 25.5 Å². The Kier molecular flexibility index (Phi) is 5.39. The number of anilines is 3. The van der Waals surface area contributed by atoms with Crippen LogP contribution in [0.1, 0.15) is 19.5 Å². The highest BCUT2D eigenvalue weighted by molar-refractivity contribution is 5.66. The zero-order chi connectivity index (χ0) is 23.3. The molecule has 1 amide bonds. The van der Waals surface area contributed by atoms with Crippen LogP contribution in [0, 0.1) is 12.3 Å². The van der Waals surface area contributed by atoms with Crippen LogP contribution < -0.4 is 10.2 Å². The number of halogens is 3. The molecule has 2 saturated heterocycles. The number of aromatic nitrogens is 4. The molecule has 10 nitrogen and oxygen atoms in total. The van der Waals surface area contributed by atoms with Gasteiger partial charge in [-0.05, 0) is 20.8 Å². The van der Waals surface area contributed by atoms with Crippen molar-refractivity contribution in [1.29, 1.82) is 0 Å². The summed E-state index contributed by atoms with van der Waals surface area (Å²) in [4.78, 5) is 23.6. The number of fused-ring (bicyclic) bond motifs is 1. The highest BCUT2D eigenvalue weighted by Gasteiger charge is 2.58. The molecule has 2 aromatic rings. The van der Waals surface area contributed by atoms with Crippen LogP contribution in [0.4, 0.5) is 35.5 Å². The van der Waals surface area contributed by atoms with Crippen molar-refractivity contribution < 1.29 is 27.8 Å². The van der Waals surface area contributed by atoms with Crippen LogP contribution in [0.25, 0.3) is 0 Å². The second-order valence-corrected chi connectivity index (χ2v) is 8.58. The highest BCUT2D eigenvalue weighted by atomic mass is 19.4. The summed E-state index contributed by atoms with van der Waals surface area (Å²) in [5.74, 6) is 1.46. The molecular weight excluding hydrogens is 431 g/mol. The molecule has 4 heterocycles. The number of aryl methyl sites for hydroxylation is 1. The molecule has 3 atom stereocenters. The summed E-state index contributed by atoms with van der Waals surface area (Å²) < 4.78 is 46.6. The lowest BCUT2D eigenvalue weighted by atomic mass is 9.84. The number of H-pyrrole nitrogens is 1. The number of carbonyl (C=O) groups is 1. The molecule has 2 aliphatic heterocycles. The van der Waals surface area contributed by atoms with E-state index in [1.165, 1.54) is 0 Å². The van der Waals surface area contributed by atoms with Gasteiger partial charge in [0, 0.05) is 30.9 Å². The van der Waals surface area contributed by atoms with E-state index < -0.39 is 35.9 Å². The SMILES string of the molecule is Cc1cc(Nc2ccn[nH]2)nc(N2C[C@@H]3[C@@H](C2)OC(C(C)(C)C(F)(F)F)CN3C(=O)O)n1. The van der Waals surface area contributed by atoms with E-state index in [4.69, 9.17) is 4.74 Å². The Morgan fingerprint density at radius 3 is 2.66 bits per heavy atom. The third-order valence-electron chi connectivity index (χ3n) is 6.01. The topological polar surface area (TPSA) is 120 Å². The van der Waals surface area contributed by atoms with Crippen molar-refractivity contribution in [3.05, 3.63) is 24.0 Å². The van der Waals surface area contributed by atoms with Gasteiger partial charge in [0.15, 0.2) is 0 Å². The maximum Gasteiger partial charge on any atom is 0.407 e.